The number of hydrogen-bond donors (Lipinski definition) is 1. The number of hydrogen-bond acceptors (Lipinski definition) is 4. The van der Waals surface area contributed by atoms with Crippen LogP contribution in [0.1, 0.15) is 25.3 Å². The van der Waals surface area contributed by atoms with Gasteiger partial charge in [-0.1, -0.05) is 13.3 Å². The normalized spacial score (nSPS) is 12.9. The maximum absolute atomic E-state index is 10.6. The molecule has 0 bridgehead atoms. The summed E-state index contributed by atoms with van der Waals surface area (Å²) < 4.78 is 16.2. The average molecular weight is 264 g/mol. The first kappa shape index (κ1) is 13.3. The molecule has 1 aromatic carbocycles. The summed E-state index contributed by atoms with van der Waals surface area (Å²) in [6.45, 7) is 2.84. The lowest BCUT2D eigenvalue weighted by molar-refractivity contribution is -0.131. The molecule has 1 aliphatic heterocycles. The molecule has 0 spiro atoms. The quantitative estimate of drug-likeness (QED) is 0.632. The highest BCUT2D eigenvalue weighted by molar-refractivity contribution is 5.86. The lowest BCUT2D eigenvalue weighted by Gasteiger charge is -2.10. The van der Waals surface area contributed by atoms with Crippen molar-refractivity contribution in [3.05, 3.63) is 23.8 Å². The van der Waals surface area contributed by atoms with Crippen LogP contribution in [0.15, 0.2) is 18.2 Å². The van der Waals surface area contributed by atoms with Crippen LogP contribution in [-0.4, -0.2) is 24.5 Å². The van der Waals surface area contributed by atoms with E-state index in [0.717, 1.165) is 18.9 Å². The van der Waals surface area contributed by atoms with Crippen molar-refractivity contribution in [2.24, 2.45) is 0 Å². The zero-order chi connectivity index (χ0) is 13.7. The molecule has 0 aromatic heterocycles. The molecule has 0 unspecified atom stereocenters. The number of rotatable bonds is 6. The van der Waals surface area contributed by atoms with Gasteiger partial charge in [-0.05, 0) is 18.6 Å². The molecule has 1 aliphatic rings. The van der Waals surface area contributed by atoms with Crippen LogP contribution in [0.5, 0.6) is 17.2 Å². The van der Waals surface area contributed by atoms with E-state index in [4.69, 9.17) is 19.3 Å². The fraction of sp³-hybridized carbons (Fsp3) is 0.357. The number of benzene rings is 1. The van der Waals surface area contributed by atoms with Crippen LogP contribution in [0.3, 0.4) is 0 Å². The van der Waals surface area contributed by atoms with Crippen molar-refractivity contribution in [1.82, 2.24) is 0 Å². The predicted octanol–water partition coefficient (Wildman–Crippen LogP) is 2.69. The highest BCUT2D eigenvalue weighted by Crippen LogP contribution is 2.38. The summed E-state index contributed by atoms with van der Waals surface area (Å²) in [5, 5.41) is 8.69. The van der Waals surface area contributed by atoms with E-state index < -0.39 is 5.97 Å². The molecule has 0 atom stereocenters. The predicted molar refractivity (Wildman–Crippen MR) is 69.6 cm³/mol. The first-order chi connectivity index (χ1) is 9.20. The molecule has 102 valence electrons. The van der Waals surface area contributed by atoms with E-state index in [-0.39, 0.29) is 6.79 Å². The minimum absolute atomic E-state index is 0.176. The molecular weight excluding hydrogens is 248 g/mol. The van der Waals surface area contributed by atoms with E-state index in [2.05, 4.69) is 6.92 Å². The summed E-state index contributed by atoms with van der Waals surface area (Å²) in [5.41, 5.74) is 0.669. The van der Waals surface area contributed by atoms with E-state index in [0.29, 0.717) is 29.4 Å². The van der Waals surface area contributed by atoms with Gasteiger partial charge in [-0.2, -0.15) is 0 Å². The largest absolute Gasteiger partial charge is 0.493 e. The minimum Gasteiger partial charge on any atom is -0.493 e. The van der Waals surface area contributed by atoms with E-state index in [1.165, 1.54) is 6.08 Å². The summed E-state index contributed by atoms with van der Waals surface area (Å²) in [6.07, 6.45) is 4.54. The first-order valence-corrected chi connectivity index (χ1v) is 6.18. The smallest absolute Gasteiger partial charge is 0.328 e. The molecule has 1 heterocycles. The Labute approximate surface area is 111 Å². The SMILES string of the molecule is CCCCOc1cc2c(cc1/C=C/C(=O)O)OCO2. The van der Waals surface area contributed by atoms with Gasteiger partial charge >= 0.3 is 5.97 Å². The molecule has 0 amide bonds. The Morgan fingerprint density at radius 1 is 1.42 bits per heavy atom. The highest BCUT2D eigenvalue weighted by atomic mass is 16.7. The number of fused-ring (bicyclic) bond motifs is 1. The van der Waals surface area contributed by atoms with Gasteiger partial charge in [0.2, 0.25) is 6.79 Å². The number of carbonyl (C=O) groups is 1. The summed E-state index contributed by atoms with van der Waals surface area (Å²) >= 11 is 0. The number of unbranched alkanes of at least 4 members (excludes halogenated alkanes) is 1. The standard InChI is InChI=1S/C14H16O5/c1-2-3-6-17-11-8-13-12(18-9-19-13)7-10(11)4-5-14(15)16/h4-5,7-8H,2-3,6,9H2,1H3,(H,15,16)/b5-4+. The van der Waals surface area contributed by atoms with Gasteiger partial charge in [0.05, 0.1) is 6.61 Å². The lowest BCUT2D eigenvalue weighted by atomic mass is 10.1. The molecule has 1 aromatic rings. The van der Waals surface area contributed by atoms with E-state index in [9.17, 15) is 4.79 Å². The Bertz CT molecular complexity index is 493. The molecule has 0 saturated carbocycles. The molecule has 0 aliphatic carbocycles. The fourth-order valence-electron chi connectivity index (χ4n) is 1.68. The van der Waals surface area contributed by atoms with Crippen LogP contribution in [0.25, 0.3) is 6.08 Å². The van der Waals surface area contributed by atoms with Crippen molar-refractivity contribution < 1.29 is 24.1 Å². The zero-order valence-corrected chi connectivity index (χ0v) is 10.7. The van der Waals surface area contributed by atoms with Gasteiger partial charge in [0, 0.05) is 17.7 Å². The third-order valence-electron chi connectivity index (χ3n) is 2.67. The first-order valence-electron chi connectivity index (χ1n) is 6.18. The topological polar surface area (TPSA) is 65.0 Å². The van der Waals surface area contributed by atoms with E-state index in [1.807, 2.05) is 0 Å². The van der Waals surface area contributed by atoms with Crippen LogP contribution in [0.2, 0.25) is 0 Å². The number of carboxylic acids is 1. The summed E-state index contributed by atoms with van der Waals surface area (Å²) in [5.74, 6) is 0.833. The lowest BCUT2D eigenvalue weighted by Crippen LogP contribution is -1.98. The summed E-state index contributed by atoms with van der Waals surface area (Å²) in [7, 11) is 0. The Hall–Kier alpha value is -2.17. The van der Waals surface area contributed by atoms with Crippen molar-refractivity contribution in [2.75, 3.05) is 13.4 Å². The van der Waals surface area contributed by atoms with Crippen molar-refractivity contribution in [3.8, 4) is 17.2 Å². The Balaban J connectivity index is 2.24. The third-order valence-corrected chi connectivity index (χ3v) is 2.67. The number of ether oxygens (including phenoxy) is 3. The molecule has 19 heavy (non-hydrogen) atoms. The van der Waals surface area contributed by atoms with Crippen LogP contribution in [-0.2, 0) is 4.79 Å². The average Bonchev–Trinajstić information content (AvgIpc) is 2.83. The van der Waals surface area contributed by atoms with Crippen LogP contribution in [0.4, 0.5) is 0 Å². The Kier molecular flexibility index (Phi) is 4.28. The monoisotopic (exact) mass is 264 g/mol. The van der Waals surface area contributed by atoms with Crippen molar-refractivity contribution >= 4 is 12.0 Å². The van der Waals surface area contributed by atoms with Gasteiger partial charge in [-0.15, -0.1) is 0 Å². The van der Waals surface area contributed by atoms with Gasteiger partial charge in [-0.3, -0.25) is 0 Å². The zero-order valence-electron chi connectivity index (χ0n) is 10.7. The number of aliphatic carboxylic acids is 1. The van der Waals surface area contributed by atoms with Crippen LogP contribution in [0, 0.1) is 0 Å². The van der Waals surface area contributed by atoms with Crippen LogP contribution >= 0.6 is 0 Å². The van der Waals surface area contributed by atoms with Crippen molar-refractivity contribution in [1.29, 1.82) is 0 Å². The maximum Gasteiger partial charge on any atom is 0.328 e. The molecule has 0 saturated heterocycles. The van der Waals surface area contributed by atoms with Crippen molar-refractivity contribution in [2.45, 2.75) is 19.8 Å². The van der Waals surface area contributed by atoms with Gasteiger partial charge < -0.3 is 19.3 Å². The highest BCUT2D eigenvalue weighted by Gasteiger charge is 2.17. The summed E-state index contributed by atoms with van der Waals surface area (Å²) in [4.78, 5) is 10.6. The Morgan fingerprint density at radius 2 is 2.16 bits per heavy atom. The molecule has 0 radical (unpaired) electrons. The molecule has 5 nitrogen and oxygen atoms in total. The van der Waals surface area contributed by atoms with E-state index in [1.54, 1.807) is 12.1 Å². The number of carboxylic acid groups (broad SMARTS) is 1. The molecule has 0 fully saturated rings. The van der Waals surface area contributed by atoms with Gasteiger partial charge in [0.15, 0.2) is 11.5 Å². The molecule has 2 rings (SSSR count). The minimum atomic E-state index is -1.00. The van der Waals surface area contributed by atoms with Gasteiger partial charge in [-0.25, -0.2) is 4.79 Å². The molecule has 1 N–H and O–H groups in total. The van der Waals surface area contributed by atoms with Crippen molar-refractivity contribution in [3.63, 3.8) is 0 Å². The second-order valence-corrected chi connectivity index (χ2v) is 4.12. The maximum atomic E-state index is 10.6. The third kappa shape index (κ3) is 3.40. The van der Waals surface area contributed by atoms with E-state index >= 15 is 0 Å². The fourth-order valence-corrected chi connectivity index (χ4v) is 1.68. The second kappa shape index (κ2) is 6.13. The summed E-state index contributed by atoms with van der Waals surface area (Å²) in [6, 6.07) is 3.46. The molecular formula is C14H16O5. The molecule has 5 heteroatoms. The van der Waals surface area contributed by atoms with Gasteiger partial charge in [0.25, 0.3) is 0 Å². The van der Waals surface area contributed by atoms with Gasteiger partial charge in [0.1, 0.15) is 5.75 Å². The van der Waals surface area contributed by atoms with Crippen LogP contribution < -0.4 is 14.2 Å². The Morgan fingerprint density at radius 3 is 2.84 bits per heavy atom. The second-order valence-electron chi connectivity index (χ2n) is 4.12.